The molecule has 0 spiro atoms. The van der Waals surface area contributed by atoms with Gasteiger partial charge in [0.25, 0.3) is 6.43 Å². The van der Waals surface area contributed by atoms with Gasteiger partial charge in [0.2, 0.25) is 0 Å². The summed E-state index contributed by atoms with van der Waals surface area (Å²) in [6.45, 7) is 1.60. The Kier molecular flexibility index (Phi) is 4.52. The highest BCUT2D eigenvalue weighted by Crippen LogP contribution is 2.29. The zero-order valence-corrected chi connectivity index (χ0v) is 10.3. The predicted molar refractivity (Wildman–Crippen MR) is 57.6 cm³/mol. The first-order valence-corrected chi connectivity index (χ1v) is 5.36. The maximum Gasteiger partial charge on any atom is 0.341 e. The third kappa shape index (κ3) is 2.77. The number of hydrogen-bond donors (Lipinski definition) is 0. The van der Waals surface area contributed by atoms with Crippen molar-refractivity contribution >= 4 is 21.9 Å². The van der Waals surface area contributed by atoms with Crippen molar-refractivity contribution in [1.29, 1.82) is 5.26 Å². The fourth-order valence-electron chi connectivity index (χ4n) is 1.14. The Hall–Kier alpha value is -1.55. The monoisotopic (exact) mass is 304 g/mol. The van der Waals surface area contributed by atoms with Crippen molar-refractivity contribution in [2.24, 2.45) is 0 Å². The molecule has 17 heavy (non-hydrogen) atoms. The van der Waals surface area contributed by atoms with Crippen LogP contribution in [0.5, 0.6) is 0 Å². The van der Waals surface area contributed by atoms with Crippen LogP contribution >= 0.6 is 15.9 Å². The predicted octanol–water partition coefficient (Wildman–Crippen LogP) is 2.83. The second-order valence-corrected chi connectivity index (χ2v) is 3.67. The molecule has 1 rings (SSSR count). The van der Waals surface area contributed by atoms with Gasteiger partial charge in [0.1, 0.15) is 17.3 Å². The van der Waals surface area contributed by atoms with Crippen molar-refractivity contribution in [3.8, 4) is 6.07 Å². The molecule has 0 aliphatic heterocycles. The summed E-state index contributed by atoms with van der Waals surface area (Å²) >= 11 is 2.93. The first kappa shape index (κ1) is 13.5. The Labute approximate surface area is 104 Å². The van der Waals surface area contributed by atoms with Gasteiger partial charge in [-0.25, -0.2) is 13.6 Å². The second-order valence-electron chi connectivity index (χ2n) is 2.88. The number of nitrogens with zero attached hydrogens (tertiary/aromatic N) is 2. The van der Waals surface area contributed by atoms with Crippen LogP contribution in [0, 0.1) is 11.3 Å². The average Bonchev–Trinajstić information content (AvgIpc) is 2.28. The maximum absolute atomic E-state index is 12.7. The number of esters is 1. The van der Waals surface area contributed by atoms with Crippen LogP contribution in [0.15, 0.2) is 10.7 Å². The molecular formula is C10H7BrF2N2O2. The van der Waals surface area contributed by atoms with Gasteiger partial charge in [0.15, 0.2) is 0 Å². The molecular weight excluding hydrogens is 298 g/mol. The van der Waals surface area contributed by atoms with E-state index in [0.717, 1.165) is 6.20 Å². The number of alkyl halides is 2. The fraction of sp³-hybridized carbons (Fsp3) is 0.300. The lowest BCUT2D eigenvalue weighted by molar-refractivity contribution is 0.0512. The molecule has 1 heterocycles. The Morgan fingerprint density at radius 3 is 2.82 bits per heavy atom. The van der Waals surface area contributed by atoms with E-state index >= 15 is 0 Å². The Morgan fingerprint density at radius 2 is 2.35 bits per heavy atom. The van der Waals surface area contributed by atoms with E-state index in [4.69, 9.17) is 5.26 Å². The SMILES string of the molecule is CCOC(=O)c1c(C(F)F)ncc(C#N)c1Br. The third-order valence-electron chi connectivity index (χ3n) is 1.85. The minimum atomic E-state index is -2.92. The molecule has 4 nitrogen and oxygen atoms in total. The van der Waals surface area contributed by atoms with Crippen LogP contribution in [0.4, 0.5) is 8.78 Å². The molecule has 0 N–H and O–H groups in total. The van der Waals surface area contributed by atoms with E-state index < -0.39 is 23.7 Å². The van der Waals surface area contributed by atoms with E-state index in [9.17, 15) is 13.6 Å². The van der Waals surface area contributed by atoms with E-state index in [-0.39, 0.29) is 16.6 Å². The lowest BCUT2D eigenvalue weighted by Gasteiger charge is -2.09. The zero-order chi connectivity index (χ0) is 13.0. The Balaban J connectivity index is 3.41. The molecule has 90 valence electrons. The quantitative estimate of drug-likeness (QED) is 0.806. The van der Waals surface area contributed by atoms with Crippen LogP contribution < -0.4 is 0 Å². The number of carbonyl (C=O) groups excluding carboxylic acids is 1. The summed E-state index contributed by atoms with van der Waals surface area (Å²) in [6.07, 6.45) is -1.94. The third-order valence-corrected chi connectivity index (χ3v) is 2.68. The van der Waals surface area contributed by atoms with Gasteiger partial charge in [0.05, 0.1) is 16.6 Å². The minimum Gasteiger partial charge on any atom is -0.462 e. The van der Waals surface area contributed by atoms with E-state index in [1.165, 1.54) is 0 Å². The molecule has 0 saturated carbocycles. The van der Waals surface area contributed by atoms with Gasteiger partial charge in [-0.15, -0.1) is 0 Å². The van der Waals surface area contributed by atoms with Crippen LogP contribution in [0.3, 0.4) is 0 Å². The second kappa shape index (κ2) is 5.68. The standard InChI is InChI=1S/C10H7BrF2N2O2/c1-2-17-10(16)6-7(11)5(3-14)4-15-8(6)9(12)13/h4,9H,2H2,1H3. The van der Waals surface area contributed by atoms with Crippen molar-refractivity contribution in [2.75, 3.05) is 6.61 Å². The summed E-state index contributed by atoms with van der Waals surface area (Å²) in [5.41, 5.74) is -1.10. The van der Waals surface area contributed by atoms with E-state index in [1.807, 2.05) is 0 Å². The van der Waals surface area contributed by atoms with Crippen LogP contribution in [0.1, 0.15) is 35.0 Å². The number of nitriles is 1. The molecule has 0 atom stereocenters. The van der Waals surface area contributed by atoms with Crippen LogP contribution in [-0.4, -0.2) is 17.6 Å². The number of pyridine rings is 1. The molecule has 1 aromatic rings. The van der Waals surface area contributed by atoms with Gasteiger partial charge in [-0.1, -0.05) is 0 Å². The van der Waals surface area contributed by atoms with E-state index in [2.05, 4.69) is 25.7 Å². The maximum atomic E-state index is 12.7. The molecule has 0 saturated heterocycles. The van der Waals surface area contributed by atoms with Crippen LogP contribution in [-0.2, 0) is 4.74 Å². The van der Waals surface area contributed by atoms with Crippen LogP contribution in [0.25, 0.3) is 0 Å². The van der Waals surface area contributed by atoms with Gasteiger partial charge < -0.3 is 4.74 Å². The lowest BCUT2D eigenvalue weighted by atomic mass is 10.1. The molecule has 0 aliphatic carbocycles. The summed E-state index contributed by atoms with van der Waals surface area (Å²) in [4.78, 5) is 14.9. The summed E-state index contributed by atoms with van der Waals surface area (Å²) in [5, 5.41) is 8.72. The van der Waals surface area contributed by atoms with Gasteiger partial charge >= 0.3 is 5.97 Å². The van der Waals surface area contributed by atoms with Gasteiger partial charge in [-0.05, 0) is 22.9 Å². The number of hydrogen-bond acceptors (Lipinski definition) is 4. The number of aromatic nitrogens is 1. The van der Waals surface area contributed by atoms with Crippen LogP contribution in [0.2, 0.25) is 0 Å². The smallest absolute Gasteiger partial charge is 0.341 e. The Bertz CT molecular complexity index is 486. The topological polar surface area (TPSA) is 63.0 Å². The molecule has 0 unspecified atom stereocenters. The number of ether oxygens (including phenoxy) is 1. The number of rotatable bonds is 3. The fourth-order valence-corrected chi connectivity index (χ4v) is 1.70. The summed E-state index contributed by atoms with van der Waals surface area (Å²) < 4.78 is 30.0. The first-order chi connectivity index (χ1) is 8.02. The minimum absolute atomic E-state index is 0.00236. The highest BCUT2D eigenvalue weighted by atomic mass is 79.9. The highest BCUT2D eigenvalue weighted by Gasteiger charge is 2.25. The molecule has 7 heteroatoms. The number of halogens is 3. The van der Waals surface area contributed by atoms with E-state index in [1.54, 1.807) is 13.0 Å². The van der Waals surface area contributed by atoms with E-state index in [0.29, 0.717) is 0 Å². The molecule has 1 aromatic heterocycles. The van der Waals surface area contributed by atoms with Crippen molar-refractivity contribution in [3.63, 3.8) is 0 Å². The first-order valence-electron chi connectivity index (χ1n) is 4.56. The van der Waals surface area contributed by atoms with Crippen molar-refractivity contribution < 1.29 is 18.3 Å². The van der Waals surface area contributed by atoms with Crippen molar-refractivity contribution in [2.45, 2.75) is 13.3 Å². The summed E-state index contributed by atoms with van der Waals surface area (Å²) in [5.74, 6) is -0.931. The summed E-state index contributed by atoms with van der Waals surface area (Å²) in [6, 6.07) is 1.74. The largest absolute Gasteiger partial charge is 0.462 e. The number of carbonyl (C=O) groups is 1. The lowest BCUT2D eigenvalue weighted by Crippen LogP contribution is -2.12. The summed E-state index contributed by atoms with van der Waals surface area (Å²) in [7, 11) is 0. The molecule has 0 radical (unpaired) electrons. The zero-order valence-electron chi connectivity index (χ0n) is 8.71. The molecule has 0 bridgehead atoms. The Morgan fingerprint density at radius 1 is 1.71 bits per heavy atom. The highest BCUT2D eigenvalue weighted by molar-refractivity contribution is 9.10. The molecule has 0 aliphatic rings. The molecule has 0 aromatic carbocycles. The van der Waals surface area contributed by atoms with Gasteiger partial charge in [-0.3, -0.25) is 4.98 Å². The van der Waals surface area contributed by atoms with Crippen molar-refractivity contribution in [1.82, 2.24) is 4.98 Å². The van der Waals surface area contributed by atoms with Gasteiger partial charge in [0, 0.05) is 6.20 Å². The average molecular weight is 305 g/mol. The molecule has 0 fully saturated rings. The van der Waals surface area contributed by atoms with Gasteiger partial charge in [-0.2, -0.15) is 5.26 Å². The normalized spacial score (nSPS) is 10.1. The molecule has 0 amide bonds. The van der Waals surface area contributed by atoms with Crippen molar-refractivity contribution in [3.05, 3.63) is 27.5 Å².